The Morgan fingerprint density at radius 3 is 2.50 bits per heavy atom. The molecule has 0 unspecified atom stereocenters. The van der Waals surface area contributed by atoms with Gasteiger partial charge in [-0.15, -0.1) is 0 Å². The van der Waals surface area contributed by atoms with Crippen LogP contribution in [0.5, 0.6) is 0 Å². The molecule has 0 saturated heterocycles. The Morgan fingerprint density at radius 1 is 1.33 bits per heavy atom. The number of aliphatic hydroxyl groups excluding tert-OH is 2. The highest BCUT2D eigenvalue weighted by Crippen LogP contribution is 2.50. The summed E-state index contributed by atoms with van der Waals surface area (Å²) in [6, 6.07) is 0. The fourth-order valence-electron chi connectivity index (χ4n) is 3.47. The molecule has 0 aromatic carbocycles. The number of fused-ring (bicyclic) bond motifs is 1. The first kappa shape index (κ1) is 13.8. The summed E-state index contributed by atoms with van der Waals surface area (Å²) >= 11 is 0. The van der Waals surface area contributed by atoms with Crippen LogP contribution in [0.3, 0.4) is 0 Å². The van der Waals surface area contributed by atoms with Crippen LogP contribution >= 0.6 is 0 Å². The second-order valence-electron chi connectivity index (χ2n) is 6.27. The summed E-state index contributed by atoms with van der Waals surface area (Å²) in [4.78, 5) is 0. The molecular formula is C15H24O3. The third-order valence-corrected chi connectivity index (χ3v) is 4.80. The molecule has 3 heteroatoms. The molecule has 18 heavy (non-hydrogen) atoms. The summed E-state index contributed by atoms with van der Waals surface area (Å²) in [6.07, 6.45) is 1.57. The van der Waals surface area contributed by atoms with E-state index in [2.05, 4.69) is 20.4 Å². The molecule has 102 valence electrons. The smallest absolute Gasteiger partial charge is 0.0971 e. The number of hydrogen-bond donors (Lipinski definition) is 3. The lowest BCUT2D eigenvalue weighted by Gasteiger charge is -2.51. The largest absolute Gasteiger partial charge is 0.389 e. The lowest BCUT2D eigenvalue weighted by atomic mass is 9.58. The lowest BCUT2D eigenvalue weighted by molar-refractivity contribution is -0.0825. The molecule has 0 bridgehead atoms. The van der Waals surface area contributed by atoms with Crippen molar-refractivity contribution in [3.8, 4) is 0 Å². The average molecular weight is 252 g/mol. The first-order valence-corrected chi connectivity index (χ1v) is 6.73. The molecule has 0 amide bonds. The molecule has 2 rings (SSSR count). The van der Waals surface area contributed by atoms with Crippen molar-refractivity contribution in [1.29, 1.82) is 0 Å². The molecule has 0 radical (unpaired) electrons. The fourth-order valence-corrected chi connectivity index (χ4v) is 3.47. The monoisotopic (exact) mass is 252 g/mol. The highest BCUT2D eigenvalue weighted by atomic mass is 16.3. The molecule has 0 aromatic rings. The van der Waals surface area contributed by atoms with E-state index in [9.17, 15) is 15.3 Å². The van der Waals surface area contributed by atoms with Gasteiger partial charge in [0, 0.05) is 12.3 Å². The van der Waals surface area contributed by atoms with Crippen molar-refractivity contribution < 1.29 is 15.3 Å². The topological polar surface area (TPSA) is 60.7 Å². The van der Waals surface area contributed by atoms with E-state index in [1.165, 1.54) is 0 Å². The maximum atomic E-state index is 10.9. The standard InChI is InChI=1S/C15H24O3/c1-8(2)11-6-13(16)10(4)15(18)7-14(17)9(3)5-12(11)15/h5,8,11-14,16-18H,4,6-7H2,1-3H3/t11-,12-,13-,14-,15-/m1/s1. The second kappa shape index (κ2) is 4.48. The van der Waals surface area contributed by atoms with Gasteiger partial charge in [-0.2, -0.15) is 0 Å². The summed E-state index contributed by atoms with van der Waals surface area (Å²) in [7, 11) is 0. The molecule has 0 aliphatic heterocycles. The van der Waals surface area contributed by atoms with E-state index in [4.69, 9.17) is 0 Å². The van der Waals surface area contributed by atoms with Gasteiger partial charge >= 0.3 is 0 Å². The van der Waals surface area contributed by atoms with E-state index in [0.717, 1.165) is 5.57 Å². The van der Waals surface area contributed by atoms with Crippen LogP contribution in [0.4, 0.5) is 0 Å². The maximum Gasteiger partial charge on any atom is 0.0971 e. The summed E-state index contributed by atoms with van der Waals surface area (Å²) in [5, 5.41) is 30.9. The van der Waals surface area contributed by atoms with Crippen LogP contribution in [0.15, 0.2) is 23.8 Å². The third kappa shape index (κ3) is 1.94. The van der Waals surface area contributed by atoms with Crippen molar-refractivity contribution in [2.75, 3.05) is 0 Å². The zero-order valence-corrected chi connectivity index (χ0v) is 11.4. The molecule has 3 N–H and O–H groups in total. The van der Waals surface area contributed by atoms with E-state index >= 15 is 0 Å². The number of hydrogen-bond acceptors (Lipinski definition) is 3. The molecular weight excluding hydrogens is 228 g/mol. The SMILES string of the molecule is C=C1[C@H](O)C[C@H](C(C)C)[C@H]2C=C(C)[C@H](O)C[C@@]12O. The van der Waals surface area contributed by atoms with E-state index in [0.29, 0.717) is 17.9 Å². The van der Waals surface area contributed by atoms with Gasteiger partial charge in [-0.1, -0.05) is 26.5 Å². The van der Waals surface area contributed by atoms with E-state index in [-0.39, 0.29) is 18.3 Å². The van der Waals surface area contributed by atoms with Crippen molar-refractivity contribution in [1.82, 2.24) is 0 Å². The highest BCUT2D eigenvalue weighted by molar-refractivity contribution is 5.32. The molecule has 0 heterocycles. The van der Waals surface area contributed by atoms with Crippen LogP contribution in [-0.4, -0.2) is 33.1 Å². The van der Waals surface area contributed by atoms with E-state index in [1.54, 1.807) is 0 Å². The highest BCUT2D eigenvalue weighted by Gasteiger charge is 2.52. The fraction of sp³-hybridized carbons (Fsp3) is 0.733. The molecule has 1 saturated carbocycles. The predicted molar refractivity (Wildman–Crippen MR) is 70.9 cm³/mol. The summed E-state index contributed by atoms with van der Waals surface area (Å²) in [5.74, 6) is 0.554. The van der Waals surface area contributed by atoms with Crippen molar-refractivity contribution in [3.05, 3.63) is 23.8 Å². The van der Waals surface area contributed by atoms with Crippen molar-refractivity contribution in [2.24, 2.45) is 17.8 Å². The van der Waals surface area contributed by atoms with Gasteiger partial charge in [0.25, 0.3) is 0 Å². The van der Waals surface area contributed by atoms with Crippen LogP contribution in [0, 0.1) is 17.8 Å². The Morgan fingerprint density at radius 2 is 1.94 bits per heavy atom. The summed E-state index contributed by atoms with van der Waals surface area (Å²) in [6.45, 7) is 9.98. The van der Waals surface area contributed by atoms with Gasteiger partial charge in [-0.25, -0.2) is 0 Å². The molecule has 2 aliphatic carbocycles. The van der Waals surface area contributed by atoms with Gasteiger partial charge in [0.1, 0.15) is 0 Å². The summed E-state index contributed by atoms with van der Waals surface area (Å²) < 4.78 is 0. The predicted octanol–water partition coefficient (Wildman–Crippen LogP) is 1.64. The first-order valence-electron chi connectivity index (χ1n) is 6.73. The first-order chi connectivity index (χ1) is 8.27. The Labute approximate surface area is 109 Å². The van der Waals surface area contributed by atoms with Gasteiger partial charge in [-0.05, 0) is 36.3 Å². The van der Waals surface area contributed by atoms with Gasteiger partial charge in [0.05, 0.1) is 17.8 Å². The second-order valence-corrected chi connectivity index (χ2v) is 6.27. The van der Waals surface area contributed by atoms with Crippen LogP contribution in [0.25, 0.3) is 0 Å². The number of aliphatic hydroxyl groups is 3. The minimum Gasteiger partial charge on any atom is -0.389 e. The van der Waals surface area contributed by atoms with Crippen molar-refractivity contribution in [3.63, 3.8) is 0 Å². The Kier molecular flexibility index (Phi) is 3.43. The van der Waals surface area contributed by atoms with E-state index < -0.39 is 17.8 Å². The van der Waals surface area contributed by atoms with Crippen LogP contribution in [0.1, 0.15) is 33.6 Å². The van der Waals surface area contributed by atoms with Gasteiger partial charge in [0.2, 0.25) is 0 Å². The van der Waals surface area contributed by atoms with Crippen molar-refractivity contribution in [2.45, 2.75) is 51.4 Å². The zero-order chi connectivity index (χ0) is 13.7. The third-order valence-electron chi connectivity index (χ3n) is 4.80. The normalized spacial score (nSPS) is 44.8. The minimum absolute atomic E-state index is 0.0446. The average Bonchev–Trinajstić information content (AvgIpc) is 2.28. The van der Waals surface area contributed by atoms with Gasteiger partial charge < -0.3 is 15.3 Å². The van der Waals surface area contributed by atoms with E-state index in [1.807, 2.05) is 13.0 Å². The molecule has 1 fully saturated rings. The molecule has 0 spiro atoms. The maximum absolute atomic E-state index is 10.9. The lowest BCUT2D eigenvalue weighted by Crippen LogP contribution is -2.55. The van der Waals surface area contributed by atoms with Gasteiger partial charge in [-0.3, -0.25) is 0 Å². The van der Waals surface area contributed by atoms with Crippen LogP contribution in [0.2, 0.25) is 0 Å². The quantitative estimate of drug-likeness (QED) is 0.622. The summed E-state index contributed by atoms with van der Waals surface area (Å²) in [5.41, 5.74) is 0.220. The Hall–Kier alpha value is -0.640. The van der Waals surface area contributed by atoms with Gasteiger partial charge in [0.15, 0.2) is 0 Å². The molecule has 2 aliphatic rings. The Bertz CT molecular complexity index is 385. The van der Waals surface area contributed by atoms with Crippen LogP contribution in [-0.2, 0) is 0 Å². The minimum atomic E-state index is -1.16. The molecule has 5 atom stereocenters. The van der Waals surface area contributed by atoms with Crippen molar-refractivity contribution >= 4 is 0 Å². The Balaban J connectivity index is 2.45. The zero-order valence-electron chi connectivity index (χ0n) is 11.4. The number of rotatable bonds is 1. The van der Waals surface area contributed by atoms with Crippen LogP contribution < -0.4 is 0 Å². The molecule has 3 nitrogen and oxygen atoms in total. The molecule has 0 aromatic heterocycles.